The zero-order chi connectivity index (χ0) is 24.2. The van der Waals surface area contributed by atoms with E-state index in [1.165, 1.54) is 23.9 Å². The molecule has 2 atom stereocenters. The molecule has 180 valence electrons. The molecule has 0 spiro atoms. The molecule has 6 nitrogen and oxygen atoms in total. The Morgan fingerprint density at radius 2 is 1.56 bits per heavy atom. The van der Waals surface area contributed by atoms with Gasteiger partial charge in [-0.15, -0.1) is 0 Å². The number of aliphatic imine (C=N–C) groups is 1. The monoisotopic (exact) mass is 528 g/mol. The largest absolute Gasteiger partial charge is 0.416 e. The molecule has 5 rings (SSSR count). The molecule has 12 heteroatoms. The van der Waals surface area contributed by atoms with Gasteiger partial charge >= 0.3 is 6.18 Å². The van der Waals surface area contributed by atoms with Crippen LogP contribution in [0.25, 0.3) is 0 Å². The van der Waals surface area contributed by atoms with Crippen LogP contribution in [0.5, 0.6) is 0 Å². The van der Waals surface area contributed by atoms with E-state index in [1.807, 2.05) is 0 Å². The normalized spacial score (nSPS) is 23.0. The Bertz CT molecular complexity index is 1140. The molecule has 0 aliphatic carbocycles. The third-order valence-corrected chi connectivity index (χ3v) is 7.57. The molecule has 2 aromatic rings. The first-order valence-electron chi connectivity index (χ1n) is 10.6. The fraction of sp³-hybridized carbons (Fsp3) is 0.318. The zero-order valence-electron chi connectivity index (χ0n) is 17.8. The number of alkyl halides is 3. The van der Waals surface area contributed by atoms with Gasteiger partial charge in [-0.3, -0.25) is 4.90 Å². The minimum Gasteiger partial charge on any atom is -0.342 e. The average Bonchev–Trinajstić information content (AvgIpc) is 3.41. The highest BCUT2D eigenvalue weighted by Crippen LogP contribution is 2.48. The smallest absolute Gasteiger partial charge is 0.342 e. The van der Waals surface area contributed by atoms with Crippen LogP contribution in [-0.4, -0.2) is 35.6 Å². The second-order valence-electron chi connectivity index (χ2n) is 8.10. The molecule has 1 fully saturated rings. The van der Waals surface area contributed by atoms with Gasteiger partial charge in [-0.25, -0.2) is 4.99 Å². The first-order chi connectivity index (χ1) is 16.2. The maximum absolute atomic E-state index is 13.2. The van der Waals surface area contributed by atoms with Gasteiger partial charge in [0, 0.05) is 18.8 Å². The van der Waals surface area contributed by atoms with Gasteiger partial charge in [0.2, 0.25) is 5.96 Å². The molecule has 0 amide bonds. The molecule has 0 radical (unpaired) electrons. The average molecular weight is 529 g/mol. The molecule has 3 aliphatic heterocycles. The van der Waals surface area contributed by atoms with Crippen LogP contribution in [0, 0.1) is 0 Å². The van der Waals surface area contributed by atoms with Gasteiger partial charge in [0.05, 0.1) is 27.0 Å². The third-order valence-electron chi connectivity index (χ3n) is 5.98. The molecule has 2 unspecified atom stereocenters. The van der Waals surface area contributed by atoms with Gasteiger partial charge in [-0.05, 0) is 49.2 Å². The molecule has 0 aromatic heterocycles. The molecule has 3 heterocycles. The number of rotatable bonds is 2. The van der Waals surface area contributed by atoms with Gasteiger partial charge in [0.1, 0.15) is 16.7 Å². The van der Waals surface area contributed by atoms with Crippen LogP contribution in [0.15, 0.2) is 58.2 Å². The Kier molecular flexibility index (Phi) is 6.14. The number of anilines is 2. The summed E-state index contributed by atoms with van der Waals surface area (Å²) in [5, 5.41) is 1.45. The van der Waals surface area contributed by atoms with Gasteiger partial charge in [-0.1, -0.05) is 41.0 Å². The van der Waals surface area contributed by atoms with E-state index < -0.39 is 23.4 Å². The lowest BCUT2D eigenvalue weighted by Gasteiger charge is -2.41. The minimum absolute atomic E-state index is 0.403. The third kappa shape index (κ3) is 4.01. The second-order valence-corrected chi connectivity index (χ2v) is 10.0. The maximum Gasteiger partial charge on any atom is 0.416 e. The van der Waals surface area contributed by atoms with Crippen molar-refractivity contribution >= 4 is 52.3 Å². The molecule has 0 bridgehead atoms. The lowest BCUT2D eigenvalue weighted by atomic mass is 10.1. The molecule has 34 heavy (non-hydrogen) atoms. The lowest BCUT2D eigenvalue weighted by molar-refractivity contribution is -0.137. The minimum atomic E-state index is -4.43. The summed E-state index contributed by atoms with van der Waals surface area (Å²) in [6, 6.07) is 10.1. The topological polar surface area (TPSA) is 74.1 Å². The summed E-state index contributed by atoms with van der Waals surface area (Å²) in [6.45, 7) is 1.56. The number of benzene rings is 2. The first kappa shape index (κ1) is 23.6. The summed E-state index contributed by atoms with van der Waals surface area (Å²) in [5.74, 6) is 0.593. The molecular weight excluding hydrogens is 508 g/mol. The van der Waals surface area contributed by atoms with Crippen molar-refractivity contribution in [2.75, 3.05) is 22.9 Å². The SMILES string of the molecule is NC1SC2=C(C(N)N(c3ccc(C(F)(F)F)cc3)C(N3CCCC3)=N2)N1c1c(Cl)cccc1Cl. The predicted molar refractivity (Wildman–Crippen MR) is 132 cm³/mol. The van der Waals surface area contributed by atoms with Crippen LogP contribution in [0.3, 0.4) is 0 Å². The van der Waals surface area contributed by atoms with Crippen molar-refractivity contribution in [1.29, 1.82) is 0 Å². The van der Waals surface area contributed by atoms with Gasteiger partial charge in [0.15, 0.2) is 0 Å². The number of halogens is 5. The Labute approximate surface area is 209 Å². The van der Waals surface area contributed by atoms with E-state index in [2.05, 4.69) is 4.90 Å². The van der Waals surface area contributed by atoms with E-state index in [9.17, 15) is 13.2 Å². The Balaban J connectivity index is 1.62. The number of thioether (sulfide) groups is 1. The van der Waals surface area contributed by atoms with Crippen LogP contribution in [0.4, 0.5) is 24.5 Å². The zero-order valence-corrected chi connectivity index (χ0v) is 20.1. The number of hydrogen-bond acceptors (Lipinski definition) is 7. The number of para-hydroxylation sites is 1. The molecule has 2 aromatic carbocycles. The van der Waals surface area contributed by atoms with E-state index in [-0.39, 0.29) is 0 Å². The van der Waals surface area contributed by atoms with E-state index in [0.29, 0.717) is 38.1 Å². The number of guanidine groups is 1. The highest BCUT2D eigenvalue weighted by atomic mass is 35.5. The molecule has 3 aliphatic rings. The first-order valence-corrected chi connectivity index (χ1v) is 12.3. The summed E-state index contributed by atoms with van der Waals surface area (Å²) in [5.41, 5.74) is 13.6. The van der Waals surface area contributed by atoms with Gasteiger partial charge in [0.25, 0.3) is 0 Å². The van der Waals surface area contributed by atoms with E-state index in [4.69, 9.17) is 39.7 Å². The number of likely N-dealkylation sites (tertiary alicyclic amines) is 1. The van der Waals surface area contributed by atoms with E-state index in [0.717, 1.165) is 38.1 Å². The lowest BCUT2D eigenvalue weighted by Crippen LogP contribution is -2.57. The van der Waals surface area contributed by atoms with E-state index in [1.54, 1.807) is 28.0 Å². The molecular formula is C22H21Cl2F3N6S. The van der Waals surface area contributed by atoms with Crippen LogP contribution in [0.2, 0.25) is 10.0 Å². The van der Waals surface area contributed by atoms with Gasteiger partial charge < -0.3 is 21.3 Å². The number of nitrogens with zero attached hydrogens (tertiary/aromatic N) is 4. The predicted octanol–water partition coefficient (Wildman–Crippen LogP) is 5.23. The fourth-order valence-electron chi connectivity index (χ4n) is 4.41. The Morgan fingerprint density at radius 3 is 2.15 bits per heavy atom. The second kappa shape index (κ2) is 8.83. The number of nitrogens with two attached hydrogens (primary N) is 2. The summed E-state index contributed by atoms with van der Waals surface area (Å²) >= 11 is 14.3. The fourth-order valence-corrected chi connectivity index (χ4v) is 6.01. The van der Waals surface area contributed by atoms with Crippen molar-refractivity contribution < 1.29 is 13.2 Å². The highest BCUT2D eigenvalue weighted by Gasteiger charge is 2.44. The van der Waals surface area contributed by atoms with Crippen molar-refractivity contribution in [2.24, 2.45) is 16.5 Å². The van der Waals surface area contributed by atoms with Crippen molar-refractivity contribution in [2.45, 2.75) is 30.7 Å². The van der Waals surface area contributed by atoms with Crippen molar-refractivity contribution in [3.8, 4) is 0 Å². The van der Waals surface area contributed by atoms with Crippen LogP contribution in [0.1, 0.15) is 18.4 Å². The summed E-state index contributed by atoms with van der Waals surface area (Å²) in [6.07, 6.45) is -3.23. The van der Waals surface area contributed by atoms with Crippen molar-refractivity contribution in [3.05, 3.63) is 68.8 Å². The van der Waals surface area contributed by atoms with Gasteiger partial charge in [-0.2, -0.15) is 13.2 Å². The number of hydrogen-bond donors (Lipinski definition) is 2. The maximum atomic E-state index is 13.2. The van der Waals surface area contributed by atoms with E-state index >= 15 is 0 Å². The van der Waals surface area contributed by atoms with Crippen molar-refractivity contribution in [3.63, 3.8) is 0 Å². The molecule has 1 saturated heterocycles. The standard InChI is InChI=1S/C22H21Cl2F3N6S/c23-14-4-3-5-15(24)16(14)33-17-18(28)32(13-8-6-12(7-9-13)22(25,26)27)21(31-10-1-2-11-31)30-19(17)34-20(33)29/h3-9,18,20H,1-2,10-11,28-29H2. The van der Waals surface area contributed by atoms with Crippen molar-refractivity contribution in [1.82, 2.24) is 4.90 Å². The molecule has 4 N–H and O–H groups in total. The van der Waals surface area contributed by atoms with Crippen LogP contribution >= 0.6 is 35.0 Å². The quantitative estimate of drug-likeness (QED) is 0.555. The molecule has 0 saturated carbocycles. The summed E-state index contributed by atoms with van der Waals surface area (Å²) < 4.78 is 39.5. The summed E-state index contributed by atoms with van der Waals surface area (Å²) in [4.78, 5) is 10.5. The Hall–Kier alpha value is -2.11. The van der Waals surface area contributed by atoms with Crippen LogP contribution in [-0.2, 0) is 6.18 Å². The highest BCUT2D eigenvalue weighted by molar-refractivity contribution is 8.04. The van der Waals surface area contributed by atoms with Crippen LogP contribution < -0.4 is 21.3 Å². The Morgan fingerprint density at radius 1 is 0.941 bits per heavy atom. The summed E-state index contributed by atoms with van der Waals surface area (Å²) in [7, 11) is 0.